The van der Waals surface area contributed by atoms with E-state index in [1.165, 1.54) is 25.8 Å². The van der Waals surface area contributed by atoms with Crippen LogP contribution in [0.1, 0.15) is 98.5 Å². The molecule has 6 aliphatic rings. The standard InChI is InChI=1S/C40H47F3N4O5S/c1-24(2)53(50,51)44-35(48)26-9-11-29-32(15-26)47-22-39(36(49)46-20-37-13-14-38(37,21-46)19-45(18-37)23-40(41,42)43)17-31(39)30-16-27(52-3)10-12-28(30)34(47)33(29)25-7-5-4-6-8-25/h9-12,15-16,24-25,31H,4-8,13-14,17-23H2,1-3H3,(H,44,48)/t31-,37?,38?,39-/m0/s1. The average molecular weight is 753 g/mol. The molecule has 13 heteroatoms. The van der Waals surface area contributed by atoms with E-state index in [1.54, 1.807) is 24.1 Å². The fourth-order valence-electron chi connectivity index (χ4n) is 11.2. The fourth-order valence-corrected chi connectivity index (χ4v) is 11.8. The second kappa shape index (κ2) is 11.7. The van der Waals surface area contributed by atoms with Gasteiger partial charge in [-0.05, 0) is 93.3 Å². The number of rotatable bonds is 7. The number of amides is 2. The number of alkyl halides is 3. The lowest BCUT2D eigenvalue weighted by atomic mass is 9.53. The highest BCUT2D eigenvalue weighted by Crippen LogP contribution is 2.70. The van der Waals surface area contributed by atoms with E-state index in [0.29, 0.717) is 44.9 Å². The van der Waals surface area contributed by atoms with Gasteiger partial charge >= 0.3 is 6.18 Å². The predicted molar refractivity (Wildman–Crippen MR) is 194 cm³/mol. The maximum absolute atomic E-state index is 15.1. The van der Waals surface area contributed by atoms with Crippen LogP contribution in [0.2, 0.25) is 0 Å². The summed E-state index contributed by atoms with van der Waals surface area (Å²) in [5, 5.41) is 0.228. The van der Waals surface area contributed by atoms with Gasteiger partial charge in [-0.3, -0.25) is 14.5 Å². The molecule has 3 aliphatic carbocycles. The van der Waals surface area contributed by atoms with Crippen molar-refractivity contribution in [1.82, 2.24) is 19.1 Å². The van der Waals surface area contributed by atoms with E-state index < -0.39 is 39.3 Å². The van der Waals surface area contributed by atoms with Crippen molar-refractivity contribution < 1.29 is 35.9 Å². The third-order valence-corrected chi connectivity index (χ3v) is 15.7. The van der Waals surface area contributed by atoms with Crippen molar-refractivity contribution in [2.45, 2.75) is 95.0 Å². The third kappa shape index (κ3) is 5.29. The van der Waals surface area contributed by atoms with Gasteiger partial charge in [-0.2, -0.15) is 13.2 Å². The molecule has 3 aromatic rings. The van der Waals surface area contributed by atoms with Crippen molar-refractivity contribution in [3.63, 3.8) is 0 Å². The first-order valence-electron chi connectivity index (χ1n) is 19.1. The van der Waals surface area contributed by atoms with Crippen molar-refractivity contribution >= 4 is 32.7 Å². The molecule has 9 nitrogen and oxygen atoms in total. The molecule has 53 heavy (non-hydrogen) atoms. The van der Waals surface area contributed by atoms with Gasteiger partial charge in [0.25, 0.3) is 5.91 Å². The number of hydrogen-bond acceptors (Lipinski definition) is 6. The summed E-state index contributed by atoms with van der Waals surface area (Å²) in [6.07, 6.45) is 3.51. The zero-order valence-electron chi connectivity index (χ0n) is 30.5. The topological polar surface area (TPSA) is 101 Å². The van der Waals surface area contributed by atoms with Gasteiger partial charge in [-0.15, -0.1) is 0 Å². The van der Waals surface area contributed by atoms with Crippen LogP contribution in [-0.4, -0.2) is 85.9 Å². The minimum atomic E-state index is -4.26. The van der Waals surface area contributed by atoms with Crippen LogP contribution in [-0.2, 0) is 21.4 Å². The molecule has 2 amide bonds. The molecule has 9 rings (SSSR count). The summed E-state index contributed by atoms with van der Waals surface area (Å²) in [7, 11) is -2.23. The van der Waals surface area contributed by atoms with Gasteiger partial charge in [-0.25, -0.2) is 13.1 Å². The number of carbonyl (C=O) groups is 2. The van der Waals surface area contributed by atoms with Gasteiger partial charge in [0.2, 0.25) is 15.9 Å². The Morgan fingerprint density at radius 3 is 2.28 bits per heavy atom. The van der Waals surface area contributed by atoms with E-state index in [2.05, 4.69) is 21.4 Å². The SMILES string of the molecule is COc1ccc2c(c1)[C@@H]1C[C@]1(C(=O)N1CC34CCC3(CN(CC(F)(F)F)C4)C1)Cn1c-2c(C2CCCCC2)c2ccc(C(=O)NS(=O)(=O)C(C)C)cc21. The first-order chi connectivity index (χ1) is 25.1. The molecular weight excluding hydrogens is 706 g/mol. The largest absolute Gasteiger partial charge is 0.497 e. The van der Waals surface area contributed by atoms with Crippen molar-refractivity contribution in [1.29, 1.82) is 0 Å². The number of likely N-dealkylation sites (tertiary alicyclic amines) is 2. The van der Waals surface area contributed by atoms with Crippen LogP contribution in [0.3, 0.4) is 0 Å². The second-order valence-electron chi connectivity index (χ2n) is 17.3. The van der Waals surface area contributed by atoms with E-state index in [1.807, 2.05) is 17.0 Å². The van der Waals surface area contributed by atoms with Gasteiger partial charge < -0.3 is 14.2 Å². The second-order valence-corrected chi connectivity index (χ2v) is 19.5. The molecule has 4 heterocycles. The first-order valence-corrected chi connectivity index (χ1v) is 20.6. The van der Waals surface area contributed by atoms with Gasteiger partial charge in [0.15, 0.2) is 0 Å². The Morgan fingerprint density at radius 2 is 1.66 bits per heavy atom. The highest BCUT2D eigenvalue weighted by molar-refractivity contribution is 7.90. The van der Waals surface area contributed by atoms with Crippen LogP contribution < -0.4 is 9.46 Å². The van der Waals surface area contributed by atoms with Crippen LogP contribution in [0.4, 0.5) is 13.2 Å². The van der Waals surface area contributed by atoms with Gasteiger partial charge in [0.05, 0.1) is 30.0 Å². The Hall–Kier alpha value is -3.58. The normalized spacial score (nSPS) is 29.5. The summed E-state index contributed by atoms with van der Waals surface area (Å²) in [5.41, 5.74) is 4.02. The number of fused-ring (bicyclic) bond motifs is 7. The Kier molecular flexibility index (Phi) is 7.77. The number of hydrogen-bond donors (Lipinski definition) is 1. The lowest BCUT2D eigenvalue weighted by Crippen LogP contribution is -2.49. The van der Waals surface area contributed by atoms with E-state index in [9.17, 15) is 26.4 Å². The number of methoxy groups -OCH3 is 1. The highest BCUT2D eigenvalue weighted by Gasteiger charge is 2.72. The van der Waals surface area contributed by atoms with E-state index in [0.717, 1.165) is 66.2 Å². The van der Waals surface area contributed by atoms with Crippen LogP contribution in [0.5, 0.6) is 5.75 Å². The quantitative estimate of drug-likeness (QED) is 0.285. The van der Waals surface area contributed by atoms with Crippen molar-refractivity contribution in [2.24, 2.45) is 16.2 Å². The monoisotopic (exact) mass is 752 g/mol. The highest BCUT2D eigenvalue weighted by atomic mass is 32.2. The third-order valence-electron chi connectivity index (χ3n) is 14.0. The van der Waals surface area contributed by atoms with E-state index >= 15 is 4.79 Å². The number of nitrogens with zero attached hydrogens (tertiary/aromatic N) is 3. The van der Waals surface area contributed by atoms with Gasteiger partial charge in [-0.1, -0.05) is 25.3 Å². The molecule has 2 aromatic carbocycles. The summed E-state index contributed by atoms with van der Waals surface area (Å²) in [5.74, 6) is 0.279. The Labute approximate surface area is 308 Å². The molecule has 284 valence electrons. The molecule has 3 saturated carbocycles. The molecule has 5 fully saturated rings. The zero-order valence-corrected chi connectivity index (χ0v) is 31.3. The molecule has 2 saturated heterocycles. The van der Waals surface area contributed by atoms with Gasteiger partial charge in [0.1, 0.15) is 5.75 Å². The summed E-state index contributed by atoms with van der Waals surface area (Å²) in [6, 6.07) is 11.6. The summed E-state index contributed by atoms with van der Waals surface area (Å²) < 4.78 is 75.9. The number of halogens is 3. The Morgan fingerprint density at radius 1 is 0.962 bits per heavy atom. The van der Waals surface area contributed by atoms with E-state index in [4.69, 9.17) is 4.74 Å². The summed E-state index contributed by atoms with van der Waals surface area (Å²) in [4.78, 5) is 32.1. The number of aromatic nitrogens is 1. The average Bonchev–Trinajstić information content (AvgIpc) is 3.66. The molecular formula is C40H47F3N4O5S. The predicted octanol–water partition coefficient (Wildman–Crippen LogP) is 6.81. The maximum atomic E-state index is 15.1. The maximum Gasteiger partial charge on any atom is 0.401 e. The number of benzene rings is 2. The minimum absolute atomic E-state index is 0.0551. The lowest BCUT2D eigenvalue weighted by Gasteiger charge is -2.48. The van der Waals surface area contributed by atoms with Crippen LogP contribution in [0, 0.1) is 16.2 Å². The Balaban J connectivity index is 1.15. The lowest BCUT2D eigenvalue weighted by molar-refractivity contribution is -0.146. The number of nitrogens with one attached hydrogen (secondary N) is 1. The number of ether oxygens (including phenoxy) is 1. The van der Waals surface area contributed by atoms with Crippen LogP contribution in [0.15, 0.2) is 36.4 Å². The molecule has 3 aliphatic heterocycles. The number of carbonyl (C=O) groups excluding carboxylic acids is 2. The van der Waals surface area contributed by atoms with E-state index in [-0.39, 0.29) is 34.1 Å². The zero-order chi connectivity index (χ0) is 37.3. The van der Waals surface area contributed by atoms with Crippen LogP contribution >= 0.6 is 0 Å². The molecule has 0 bridgehead atoms. The summed E-state index contributed by atoms with van der Waals surface area (Å²) >= 11 is 0. The first kappa shape index (κ1) is 35.1. The van der Waals surface area contributed by atoms with Crippen molar-refractivity contribution in [3.8, 4) is 17.0 Å². The molecule has 4 atom stereocenters. The molecule has 1 N–H and O–H groups in total. The van der Waals surface area contributed by atoms with Crippen LogP contribution in [0.25, 0.3) is 22.2 Å². The minimum Gasteiger partial charge on any atom is -0.497 e. The van der Waals surface area contributed by atoms with Crippen molar-refractivity contribution in [3.05, 3.63) is 53.1 Å². The molecule has 1 aromatic heterocycles. The molecule has 0 radical (unpaired) electrons. The number of sulfonamides is 1. The van der Waals surface area contributed by atoms with Crippen molar-refractivity contribution in [2.75, 3.05) is 39.8 Å². The summed E-state index contributed by atoms with van der Waals surface area (Å²) in [6.45, 7) is 4.19. The smallest absolute Gasteiger partial charge is 0.401 e. The fraction of sp³-hybridized carbons (Fsp3) is 0.600. The van der Waals surface area contributed by atoms with Gasteiger partial charge in [0, 0.05) is 71.5 Å². The Bertz CT molecular complexity index is 2140. The molecule has 0 spiro atoms. The molecule has 2 unspecified atom stereocenters.